The second kappa shape index (κ2) is 5.73. The summed E-state index contributed by atoms with van der Waals surface area (Å²) in [4.78, 5) is 0. The van der Waals surface area contributed by atoms with Crippen molar-refractivity contribution in [2.45, 2.75) is 46.1 Å². The Morgan fingerprint density at radius 1 is 1.28 bits per heavy atom. The van der Waals surface area contributed by atoms with Gasteiger partial charge in [-0.05, 0) is 46.0 Å². The molecule has 1 aromatic carbocycles. The number of nitrogens with two attached hydrogens (primary N) is 1. The standard InChI is InChI=1S/C13H22BrNO2Si/c1-13(2,3)17-18(4,5)16-9-10-11(14)7-6-8-12(10)15/h6-8H,9,15H2,1-5H3. The number of rotatable bonds is 4. The predicted molar refractivity (Wildman–Crippen MR) is 81.7 cm³/mol. The third kappa shape index (κ3) is 5.10. The predicted octanol–water partition coefficient (Wildman–Crippen LogP) is 4.06. The van der Waals surface area contributed by atoms with Gasteiger partial charge in [0.1, 0.15) is 0 Å². The monoisotopic (exact) mass is 331 g/mol. The SMILES string of the molecule is CC(C)(C)O[Si](C)(C)OCc1c(N)cccc1Br. The molecule has 0 spiro atoms. The number of benzene rings is 1. The minimum Gasteiger partial charge on any atom is -0.398 e. The average molecular weight is 332 g/mol. The number of halogens is 1. The molecular weight excluding hydrogens is 310 g/mol. The van der Waals surface area contributed by atoms with Crippen LogP contribution in [0.5, 0.6) is 0 Å². The lowest BCUT2D eigenvalue weighted by Crippen LogP contribution is -2.42. The van der Waals surface area contributed by atoms with Gasteiger partial charge in [0.15, 0.2) is 0 Å². The third-order valence-electron chi connectivity index (χ3n) is 2.27. The average Bonchev–Trinajstić information content (AvgIpc) is 2.12. The van der Waals surface area contributed by atoms with E-state index >= 15 is 0 Å². The van der Waals surface area contributed by atoms with Crippen LogP contribution >= 0.6 is 15.9 Å². The van der Waals surface area contributed by atoms with Crippen LogP contribution in [0.4, 0.5) is 5.69 Å². The van der Waals surface area contributed by atoms with Crippen LogP contribution < -0.4 is 5.73 Å². The summed E-state index contributed by atoms with van der Waals surface area (Å²) in [6, 6.07) is 5.76. The molecule has 5 heteroatoms. The molecule has 0 aliphatic rings. The molecule has 0 atom stereocenters. The first kappa shape index (κ1) is 15.7. The Labute approximate surface area is 119 Å². The Bertz CT molecular complexity index is 396. The summed E-state index contributed by atoms with van der Waals surface area (Å²) in [5.41, 5.74) is 7.48. The highest BCUT2D eigenvalue weighted by molar-refractivity contribution is 9.10. The summed E-state index contributed by atoms with van der Waals surface area (Å²) in [6.45, 7) is 10.7. The second-order valence-electron chi connectivity index (χ2n) is 5.71. The van der Waals surface area contributed by atoms with Crippen LogP contribution in [0.1, 0.15) is 26.3 Å². The van der Waals surface area contributed by atoms with Crippen molar-refractivity contribution in [2.75, 3.05) is 5.73 Å². The van der Waals surface area contributed by atoms with Crippen molar-refractivity contribution in [1.29, 1.82) is 0 Å². The minimum absolute atomic E-state index is 0.185. The maximum atomic E-state index is 5.99. The van der Waals surface area contributed by atoms with Crippen LogP contribution in [0.3, 0.4) is 0 Å². The zero-order valence-electron chi connectivity index (χ0n) is 11.7. The zero-order chi connectivity index (χ0) is 14.0. The quantitative estimate of drug-likeness (QED) is 0.668. The highest BCUT2D eigenvalue weighted by Crippen LogP contribution is 2.26. The number of hydrogen-bond donors (Lipinski definition) is 1. The van der Waals surface area contributed by atoms with E-state index in [9.17, 15) is 0 Å². The summed E-state index contributed by atoms with van der Waals surface area (Å²) < 4.78 is 12.9. The maximum Gasteiger partial charge on any atom is 0.332 e. The molecule has 3 nitrogen and oxygen atoms in total. The van der Waals surface area contributed by atoms with Crippen molar-refractivity contribution in [3.63, 3.8) is 0 Å². The molecule has 0 aromatic heterocycles. The molecule has 1 rings (SSSR count). The molecule has 0 fully saturated rings. The van der Waals surface area contributed by atoms with E-state index < -0.39 is 8.56 Å². The van der Waals surface area contributed by atoms with Gasteiger partial charge in [-0.25, -0.2) is 0 Å². The summed E-state index contributed by atoms with van der Waals surface area (Å²) >= 11 is 3.49. The van der Waals surface area contributed by atoms with Gasteiger partial charge in [-0.15, -0.1) is 0 Å². The maximum absolute atomic E-state index is 5.99. The summed E-state index contributed by atoms with van der Waals surface area (Å²) in [7, 11) is -2.14. The van der Waals surface area contributed by atoms with Gasteiger partial charge >= 0.3 is 8.56 Å². The van der Waals surface area contributed by atoms with Crippen molar-refractivity contribution < 1.29 is 8.85 Å². The first-order chi connectivity index (χ1) is 8.11. The van der Waals surface area contributed by atoms with Crippen LogP contribution in [0.25, 0.3) is 0 Å². The largest absolute Gasteiger partial charge is 0.398 e. The molecule has 0 saturated heterocycles. The fraction of sp³-hybridized carbons (Fsp3) is 0.538. The Balaban J connectivity index is 2.70. The van der Waals surface area contributed by atoms with E-state index in [1.165, 1.54) is 0 Å². The van der Waals surface area contributed by atoms with E-state index in [-0.39, 0.29) is 5.60 Å². The molecule has 1 aromatic rings. The van der Waals surface area contributed by atoms with E-state index in [0.29, 0.717) is 6.61 Å². The molecule has 0 saturated carbocycles. The van der Waals surface area contributed by atoms with Crippen molar-refractivity contribution in [1.82, 2.24) is 0 Å². The molecular formula is C13H22BrNO2Si. The van der Waals surface area contributed by atoms with E-state index in [1.54, 1.807) is 0 Å². The normalized spacial score (nSPS) is 12.8. The van der Waals surface area contributed by atoms with Crippen molar-refractivity contribution in [2.24, 2.45) is 0 Å². The van der Waals surface area contributed by atoms with Crippen LogP contribution in [0.15, 0.2) is 22.7 Å². The molecule has 0 amide bonds. The smallest absolute Gasteiger partial charge is 0.332 e. The van der Waals surface area contributed by atoms with E-state index in [1.807, 2.05) is 52.1 Å². The number of hydrogen-bond acceptors (Lipinski definition) is 3. The van der Waals surface area contributed by atoms with E-state index in [2.05, 4.69) is 15.9 Å². The summed E-state index contributed by atoms with van der Waals surface area (Å²) in [6.07, 6.45) is 0. The highest BCUT2D eigenvalue weighted by atomic mass is 79.9. The topological polar surface area (TPSA) is 44.5 Å². The van der Waals surface area contributed by atoms with Crippen molar-refractivity contribution in [3.05, 3.63) is 28.2 Å². The van der Waals surface area contributed by atoms with Gasteiger partial charge in [-0.1, -0.05) is 22.0 Å². The van der Waals surface area contributed by atoms with Crippen LogP contribution in [-0.4, -0.2) is 14.2 Å². The molecule has 0 unspecified atom stereocenters. The van der Waals surface area contributed by atoms with Crippen LogP contribution in [0.2, 0.25) is 13.1 Å². The first-order valence-corrected chi connectivity index (χ1v) is 9.59. The lowest BCUT2D eigenvalue weighted by Gasteiger charge is -2.31. The first-order valence-electron chi connectivity index (χ1n) is 5.98. The second-order valence-corrected chi connectivity index (χ2v) is 9.86. The third-order valence-corrected chi connectivity index (χ3v) is 4.96. The van der Waals surface area contributed by atoms with Gasteiger partial charge in [0, 0.05) is 15.7 Å². The van der Waals surface area contributed by atoms with Gasteiger partial charge < -0.3 is 14.6 Å². The fourth-order valence-corrected chi connectivity index (χ4v) is 4.26. The fourth-order valence-electron chi connectivity index (χ4n) is 1.74. The molecule has 0 radical (unpaired) electrons. The Morgan fingerprint density at radius 2 is 1.89 bits per heavy atom. The Morgan fingerprint density at radius 3 is 2.39 bits per heavy atom. The molecule has 0 aliphatic carbocycles. The minimum atomic E-state index is -2.14. The molecule has 102 valence electrons. The molecule has 0 aliphatic heterocycles. The van der Waals surface area contributed by atoms with Crippen molar-refractivity contribution >= 4 is 30.2 Å². The Kier molecular flexibility index (Phi) is 5.00. The van der Waals surface area contributed by atoms with Crippen LogP contribution in [0, 0.1) is 0 Å². The summed E-state index contributed by atoms with van der Waals surface area (Å²) in [5.74, 6) is 0. The molecule has 2 N–H and O–H groups in total. The van der Waals surface area contributed by atoms with Gasteiger partial charge in [-0.3, -0.25) is 0 Å². The Hall–Kier alpha value is -0.363. The van der Waals surface area contributed by atoms with Gasteiger partial charge in [-0.2, -0.15) is 0 Å². The van der Waals surface area contributed by atoms with Gasteiger partial charge in [0.25, 0.3) is 0 Å². The lowest BCUT2D eigenvalue weighted by molar-refractivity contribution is 0.0662. The molecule has 0 heterocycles. The van der Waals surface area contributed by atoms with Crippen LogP contribution in [-0.2, 0) is 15.5 Å². The van der Waals surface area contributed by atoms with E-state index in [0.717, 1.165) is 15.7 Å². The lowest BCUT2D eigenvalue weighted by atomic mass is 10.2. The summed E-state index contributed by atoms with van der Waals surface area (Å²) in [5, 5.41) is 0. The number of nitrogen functional groups attached to an aromatic ring is 1. The van der Waals surface area contributed by atoms with Crippen molar-refractivity contribution in [3.8, 4) is 0 Å². The highest BCUT2D eigenvalue weighted by Gasteiger charge is 2.30. The number of anilines is 1. The van der Waals surface area contributed by atoms with Gasteiger partial charge in [0.2, 0.25) is 0 Å². The van der Waals surface area contributed by atoms with Gasteiger partial charge in [0.05, 0.1) is 12.2 Å². The molecule has 18 heavy (non-hydrogen) atoms. The zero-order valence-corrected chi connectivity index (χ0v) is 14.3. The molecule has 0 bridgehead atoms. The van der Waals surface area contributed by atoms with E-state index in [4.69, 9.17) is 14.6 Å².